The van der Waals surface area contributed by atoms with Crippen LogP contribution in [-0.4, -0.2) is 28.9 Å². The standard InChI is InChI=1S/C29H26N2O5/c1-19-25(30-28(34)35-18-15-20-5-3-2-4-6-20)26(36-31-19)23-9-7-21(8-10-23)22-11-13-24(14-12-22)29(16-17-29)27(32)33/h2-14H,15-18H2,1H3,(H,30,34)(H,32,33). The van der Waals surface area contributed by atoms with E-state index < -0.39 is 17.5 Å². The molecule has 1 saturated carbocycles. The summed E-state index contributed by atoms with van der Waals surface area (Å²) in [7, 11) is 0. The van der Waals surface area contributed by atoms with Gasteiger partial charge < -0.3 is 14.4 Å². The molecule has 7 heteroatoms. The van der Waals surface area contributed by atoms with Gasteiger partial charge in [-0.05, 0) is 42.0 Å². The number of amides is 1. The van der Waals surface area contributed by atoms with Crippen molar-refractivity contribution in [3.8, 4) is 22.5 Å². The van der Waals surface area contributed by atoms with Crippen molar-refractivity contribution in [3.05, 3.63) is 95.7 Å². The number of hydrogen-bond acceptors (Lipinski definition) is 5. The average Bonchev–Trinajstić information content (AvgIpc) is 3.64. The van der Waals surface area contributed by atoms with Crippen LogP contribution in [0.3, 0.4) is 0 Å². The van der Waals surface area contributed by atoms with Crippen LogP contribution in [0.4, 0.5) is 10.5 Å². The quantitative estimate of drug-likeness (QED) is 0.309. The molecular formula is C29H26N2O5. The molecule has 1 amide bonds. The van der Waals surface area contributed by atoms with Crippen molar-refractivity contribution in [1.82, 2.24) is 5.16 Å². The van der Waals surface area contributed by atoms with Gasteiger partial charge in [0.15, 0.2) is 5.76 Å². The van der Waals surface area contributed by atoms with Crippen LogP contribution in [0.2, 0.25) is 0 Å². The molecule has 1 heterocycles. The van der Waals surface area contributed by atoms with E-state index in [0.29, 0.717) is 36.4 Å². The minimum Gasteiger partial charge on any atom is -0.481 e. The van der Waals surface area contributed by atoms with Gasteiger partial charge in [-0.2, -0.15) is 0 Å². The number of carbonyl (C=O) groups is 2. The molecule has 0 atom stereocenters. The third-order valence-corrected chi connectivity index (χ3v) is 6.63. The summed E-state index contributed by atoms with van der Waals surface area (Å²) in [6, 6.07) is 25.2. The Balaban J connectivity index is 1.25. The van der Waals surface area contributed by atoms with Crippen LogP contribution in [0.25, 0.3) is 22.5 Å². The Bertz CT molecular complexity index is 1370. The van der Waals surface area contributed by atoms with Crippen LogP contribution >= 0.6 is 0 Å². The Morgan fingerprint density at radius 3 is 2.17 bits per heavy atom. The summed E-state index contributed by atoms with van der Waals surface area (Å²) in [5.41, 5.74) is 4.99. The monoisotopic (exact) mass is 482 g/mol. The number of aliphatic carboxylic acids is 1. The third-order valence-electron chi connectivity index (χ3n) is 6.63. The Hall–Kier alpha value is -4.39. The van der Waals surface area contributed by atoms with Gasteiger partial charge in [-0.3, -0.25) is 10.1 Å². The summed E-state index contributed by atoms with van der Waals surface area (Å²) in [6.07, 6.45) is 1.43. The lowest BCUT2D eigenvalue weighted by molar-refractivity contribution is -0.140. The number of carbonyl (C=O) groups excluding carboxylic acids is 1. The summed E-state index contributed by atoms with van der Waals surface area (Å²) < 4.78 is 10.8. The molecule has 7 nitrogen and oxygen atoms in total. The number of aryl methyl sites for hydroxylation is 1. The summed E-state index contributed by atoms with van der Waals surface area (Å²) in [5.74, 6) is -0.307. The predicted octanol–water partition coefficient (Wildman–Crippen LogP) is 6.22. The first-order valence-corrected chi connectivity index (χ1v) is 11.8. The molecule has 0 saturated heterocycles. The Morgan fingerprint density at radius 1 is 0.944 bits per heavy atom. The minimum atomic E-state index is -0.758. The molecule has 1 aliphatic carbocycles. The zero-order chi connectivity index (χ0) is 25.1. The molecule has 5 rings (SSSR count). The highest BCUT2D eigenvalue weighted by atomic mass is 16.5. The normalized spacial score (nSPS) is 13.7. The van der Waals surface area contributed by atoms with E-state index in [9.17, 15) is 14.7 Å². The molecule has 0 bridgehead atoms. The van der Waals surface area contributed by atoms with Crippen molar-refractivity contribution in [2.75, 3.05) is 11.9 Å². The van der Waals surface area contributed by atoms with E-state index in [1.165, 1.54) is 0 Å². The lowest BCUT2D eigenvalue weighted by Gasteiger charge is -2.11. The Kier molecular flexibility index (Phi) is 6.29. The molecule has 1 fully saturated rings. The zero-order valence-electron chi connectivity index (χ0n) is 19.9. The van der Waals surface area contributed by atoms with Crippen molar-refractivity contribution in [3.63, 3.8) is 0 Å². The number of hydrogen-bond donors (Lipinski definition) is 2. The number of aromatic nitrogens is 1. The molecule has 0 spiro atoms. The molecule has 182 valence electrons. The first kappa shape index (κ1) is 23.4. The molecule has 0 radical (unpaired) electrons. The van der Waals surface area contributed by atoms with Gasteiger partial charge in [0, 0.05) is 12.0 Å². The molecule has 36 heavy (non-hydrogen) atoms. The second kappa shape index (κ2) is 9.70. The molecule has 1 aromatic heterocycles. The summed E-state index contributed by atoms with van der Waals surface area (Å²) in [5, 5.41) is 16.3. The lowest BCUT2D eigenvalue weighted by Crippen LogP contribution is -2.19. The molecule has 1 aliphatic rings. The number of anilines is 1. The van der Waals surface area contributed by atoms with Crippen molar-refractivity contribution in [1.29, 1.82) is 0 Å². The Labute approximate surface area is 208 Å². The van der Waals surface area contributed by atoms with Crippen LogP contribution in [0.1, 0.15) is 29.7 Å². The van der Waals surface area contributed by atoms with E-state index in [1.807, 2.05) is 78.9 Å². The van der Waals surface area contributed by atoms with Gasteiger partial charge in [-0.1, -0.05) is 84.0 Å². The van der Waals surface area contributed by atoms with Gasteiger partial charge in [-0.15, -0.1) is 0 Å². The van der Waals surface area contributed by atoms with E-state index in [4.69, 9.17) is 9.26 Å². The van der Waals surface area contributed by atoms with E-state index in [0.717, 1.165) is 27.8 Å². The number of rotatable bonds is 8. The number of benzene rings is 3. The van der Waals surface area contributed by atoms with Crippen LogP contribution in [0.15, 0.2) is 83.4 Å². The van der Waals surface area contributed by atoms with Gasteiger partial charge in [0.2, 0.25) is 0 Å². The van der Waals surface area contributed by atoms with E-state index in [-0.39, 0.29) is 6.61 Å². The highest BCUT2D eigenvalue weighted by molar-refractivity contribution is 5.91. The maximum atomic E-state index is 12.4. The summed E-state index contributed by atoms with van der Waals surface area (Å²) in [6.45, 7) is 2.02. The number of carboxylic acids is 1. The first-order chi connectivity index (χ1) is 17.5. The maximum Gasteiger partial charge on any atom is 0.411 e. The largest absolute Gasteiger partial charge is 0.481 e. The minimum absolute atomic E-state index is 0.260. The highest BCUT2D eigenvalue weighted by Gasteiger charge is 2.51. The molecule has 2 N–H and O–H groups in total. The van der Waals surface area contributed by atoms with Crippen LogP contribution in [-0.2, 0) is 21.4 Å². The second-order valence-corrected chi connectivity index (χ2v) is 9.01. The SMILES string of the molecule is Cc1noc(-c2ccc(-c3ccc(C4(C(=O)O)CC4)cc3)cc2)c1NC(=O)OCCc1ccccc1. The third kappa shape index (κ3) is 4.73. The zero-order valence-corrected chi connectivity index (χ0v) is 19.9. The van der Waals surface area contributed by atoms with E-state index in [1.54, 1.807) is 6.92 Å². The van der Waals surface area contributed by atoms with Gasteiger partial charge in [-0.25, -0.2) is 4.79 Å². The van der Waals surface area contributed by atoms with Gasteiger partial charge >= 0.3 is 12.1 Å². The number of nitrogens with one attached hydrogen (secondary N) is 1. The molecule has 0 unspecified atom stereocenters. The maximum absolute atomic E-state index is 12.4. The van der Waals surface area contributed by atoms with Crippen molar-refractivity contribution < 1.29 is 24.0 Å². The van der Waals surface area contributed by atoms with Crippen molar-refractivity contribution >= 4 is 17.7 Å². The first-order valence-electron chi connectivity index (χ1n) is 11.8. The predicted molar refractivity (Wildman–Crippen MR) is 136 cm³/mol. The van der Waals surface area contributed by atoms with Gasteiger partial charge in [0.25, 0.3) is 0 Å². The number of nitrogens with zero attached hydrogens (tertiary/aromatic N) is 1. The number of ether oxygens (including phenoxy) is 1. The Morgan fingerprint density at radius 2 is 1.56 bits per heavy atom. The second-order valence-electron chi connectivity index (χ2n) is 9.01. The van der Waals surface area contributed by atoms with Crippen LogP contribution in [0.5, 0.6) is 0 Å². The molecule has 4 aromatic rings. The average molecular weight is 483 g/mol. The molecule has 3 aromatic carbocycles. The number of carboxylic acid groups (broad SMARTS) is 1. The summed E-state index contributed by atoms with van der Waals surface area (Å²) >= 11 is 0. The fourth-order valence-electron chi connectivity index (χ4n) is 4.31. The van der Waals surface area contributed by atoms with Crippen molar-refractivity contribution in [2.45, 2.75) is 31.6 Å². The smallest absolute Gasteiger partial charge is 0.411 e. The van der Waals surface area contributed by atoms with Crippen LogP contribution in [0, 0.1) is 6.92 Å². The van der Waals surface area contributed by atoms with E-state index >= 15 is 0 Å². The fourth-order valence-corrected chi connectivity index (χ4v) is 4.31. The fraction of sp³-hybridized carbons (Fsp3) is 0.207. The van der Waals surface area contributed by atoms with E-state index in [2.05, 4.69) is 10.5 Å². The molecular weight excluding hydrogens is 456 g/mol. The van der Waals surface area contributed by atoms with Gasteiger partial charge in [0.1, 0.15) is 11.4 Å². The highest BCUT2D eigenvalue weighted by Crippen LogP contribution is 2.48. The van der Waals surface area contributed by atoms with Crippen molar-refractivity contribution in [2.24, 2.45) is 0 Å². The topological polar surface area (TPSA) is 102 Å². The lowest BCUT2D eigenvalue weighted by atomic mass is 9.93. The molecule has 0 aliphatic heterocycles. The summed E-state index contributed by atoms with van der Waals surface area (Å²) in [4.78, 5) is 24.0. The van der Waals surface area contributed by atoms with Crippen LogP contribution < -0.4 is 5.32 Å². The van der Waals surface area contributed by atoms with Gasteiger partial charge in [0.05, 0.1) is 12.0 Å².